The third kappa shape index (κ3) is 5.31. The molecule has 186 valence electrons. The van der Waals surface area contributed by atoms with Crippen molar-refractivity contribution in [2.45, 2.75) is 37.6 Å². The molecule has 4 rings (SSSR count). The minimum atomic E-state index is -3.93. The van der Waals surface area contributed by atoms with Crippen LogP contribution in [0.3, 0.4) is 0 Å². The zero-order valence-corrected chi connectivity index (χ0v) is 20.2. The van der Waals surface area contributed by atoms with E-state index in [9.17, 15) is 21.6 Å². The van der Waals surface area contributed by atoms with Crippen LogP contribution in [0.15, 0.2) is 41.3 Å². The number of aromatic nitrogens is 2. The number of aryl methyl sites for hydroxylation is 1. The molecule has 0 bridgehead atoms. The zero-order valence-electron chi connectivity index (χ0n) is 18.6. The van der Waals surface area contributed by atoms with Gasteiger partial charge in [0.2, 0.25) is 0 Å². The average Bonchev–Trinajstić information content (AvgIpc) is 3.23. The molecule has 1 saturated heterocycles. The summed E-state index contributed by atoms with van der Waals surface area (Å²) >= 11 is 0. The maximum absolute atomic E-state index is 12.0. The van der Waals surface area contributed by atoms with Crippen molar-refractivity contribution in [1.29, 1.82) is 0 Å². The summed E-state index contributed by atoms with van der Waals surface area (Å²) in [6.07, 6.45) is 0.347. The van der Waals surface area contributed by atoms with Crippen LogP contribution >= 0.6 is 0 Å². The fourth-order valence-electron chi connectivity index (χ4n) is 3.80. The Kier molecular flexibility index (Phi) is 6.56. The van der Waals surface area contributed by atoms with Crippen LogP contribution in [-0.4, -0.2) is 69.9 Å². The van der Waals surface area contributed by atoms with E-state index in [1.54, 1.807) is 6.92 Å². The van der Waals surface area contributed by atoms with Gasteiger partial charge in [0.05, 0.1) is 19.1 Å². The van der Waals surface area contributed by atoms with Gasteiger partial charge in [0.15, 0.2) is 17.9 Å². The Bertz CT molecular complexity index is 1290. The van der Waals surface area contributed by atoms with Crippen LogP contribution in [0.2, 0.25) is 0 Å². The lowest BCUT2D eigenvalue weighted by molar-refractivity contribution is -0.156. The van der Waals surface area contributed by atoms with Gasteiger partial charge >= 0.3 is 6.01 Å². The molecule has 0 amide bonds. The normalized spacial score (nSPS) is 23.3. The highest BCUT2D eigenvalue weighted by Crippen LogP contribution is 2.46. The highest BCUT2D eigenvalue weighted by atomic mass is 32.2. The highest BCUT2D eigenvalue weighted by molar-refractivity contribution is 7.86. The summed E-state index contributed by atoms with van der Waals surface area (Å²) < 4.78 is 76.8. The fourth-order valence-corrected chi connectivity index (χ4v) is 4.62. The molecule has 0 radical (unpaired) electrons. The molecule has 34 heavy (non-hydrogen) atoms. The molecule has 3 heterocycles. The Hall–Kier alpha value is -2.36. The molecule has 2 aromatic rings. The number of benzene rings is 1. The molecule has 2 aliphatic heterocycles. The average molecular weight is 517 g/mol. The summed E-state index contributed by atoms with van der Waals surface area (Å²) in [5.41, 5.74) is -1.03. The van der Waals surface area contributed by atoms with Gasteiger partial charge in [-0.25, -0.2) is 0 Å². The number of rotatable bonds is 9. The van der Waals surface area contributed by atoms with Gasteiger partial charge in [-0.15, -0.1) is 0 Å². The maximum atomic E-state index is 12.0. The molecule has 1 fully saturated rings. The zero-order chi connectivity index (χ0) is 24.7. The van der Waals surface area contributed by atoms with Crippen LogP contribution in [0.25, 0.3) is 0 Å². The molecule has 0 saturated carbocycles. The lowest BCUT2D eigenvalue weighted by atomic mass is 9.96. The smallest absolute Gasteiger partial charge is 0.302 e. The number of ether oxygens (including phenoxy) is 3. The summed E-state index contributed by atoms with van der Waals surface area (Å²) in [5.74, 6) is 0. The Labute approximate surface area is 196 Å². The molecule has 1 aromatic carbocycles. The Morgan fingerprint density at radius 1 is 1.06 bits per heavy atom. The Morgan fingerprint density at radius 2 is 1.68 bits per heavy atom. The lowest BCUT2D eigenvalue weighted by Crippen LogP contribution is -2.53. The first-order chi connectivity index (χ1) is 15.9. The standard InChI is InChI=1S/C20H24N2O10S2/c1-13-9-22-18-15(31-19(22)21-17(13)23)16(28-10-14-7-5-4-6-8-14)20(32-18,11-29-33(2,24)25)12-30-34(3,26)27/h4-9,15-16,18H,10-12H2,1-3H3/t15-,16-,18+/m0/s1. The van der Waals surface area contributed by atoms with Crippen molar-refractivity contribution < 1.29 is 39.4 Å². The van der Waals surface area contributed by atoms with E-state index < -0.39 is 63.0 Å². The van der Waals surface area contributed by atoms with Crippen molar-refractivity contribution in [1.82, 2.24) is 9.55 Å². The van der Waals surface area contributed by atoms with E-state index in [2.05, 4.69) is 4.98 Å². The first kappa shape index (κ1) is 24.8. The van der Waals surface area contributed by atoms with E-state index >= 15 is 0 Å². The van der Waals surface area contributed by atoms with Crippen LogP contribution in [0.1, 0.15) is 17.4 Å². The molecule has 0 unspecified atom stereocenters. The predicted molar refractivity (Wildman–Crippen MR) is 117 cm³/mol. The largest absolute Gasteiger partial charge is 0.453 e. The molecule has 0 spiro atoms. The van der Waals surface area contributed by atoms with Gasteiger partial charge in [-0.2, -0.15) is 21.8 Å². The molecule has 0 aliphatic carbocycles. The van der Waals surface area contributed by atoms with Crippen LogP contribution in [-0.2, 0) is 44.7 Å². The van der Waals surface area contributed by atoms with Crippen LogP contribution in [0.4, 0.5) is 0 Å². The van der Waals surface area contributed by atoms with Crippen LogP contribution in [0.5, 0.6) is 6.01 Å². The topological polar surface area (TPSA) is 149 Å². The van der Waals surface area contributed by atoms with E-state index in [1.165, 1.54) is 10.8 Å². The van der Waals surface area contributed by atoms with E-state index in [0.717, 1.165) is 18.1 Å². The molecule has 0 N–H and O–H groups in total. The van der Waals surface area contributed by atoms with Gasteiger partial charge in [0.25, 0.3) is 25.8 Å². The maximum Gasteiger partial charge on any atom is 0.302 e. The first-order valence-corrected chi connectivity index (χ1v) is 13.8. The van der Waals surface area contributed by atoms with Crippen molar-refractivity contribution >= 4 is 20.2 Å². The Morgan fingerprint density at radius 3 is 2.26 bits per heavy atom. The highest BCUT2D eigenvalue weighted by Gasteiger charge is 2.62. The fraction of sp³-hybridized carbons (Fsp3) is 0.500. The van der Waals surface area contributed by atoms with E-state index in [0.29, 0.717) is 5.56 Å². The van der Waals surface area contributed by atoms with Gasteiger partial charge in [0.1, 0.15) is 19.3 Å². The number of nitrogens with zero attached hydrogens (tertiary/aromatic N) is 2. The molecule has 1 aromatic heterocycles. The quantitative estimate of drug-likeness (QED) is 0.418. The number of hydrogen-bond donors (Lipinski definition) is 0. The summed E-state index contributed by atoms with van der Waals surface area (Å²) in [7, 11) is -7.86. The number of hydrogen-bond acceptors (Lipinski definition) is 11. The second-order valence-corrected chi connectivity index (χ2v) is 11.5. The van der Waals surface area contributed by atoms with Gasteiger partial charge in [-0.05, 0) is 12.5 Å². The van der Waals surface area contributed by atoms with Crippen molar-refractivity contribution in [2.75, 3.05) is 25.7 Å². The Balaban J connectivity index is 1.73. The molecule has 3 atom stereocenters. The second kappa shape index (κ2) is 9.02. The van der Waals surface area contributed by atoms with E-state index in [4.69, 9.17) is 22.6 Å². The van der Waals surface area contributed by atoms with Crippen LogP contribution in [0, 0.1) is 6.92 Å². The SMILES string of the molecule is Cc1cn2c(nc1=O)O[C@@H]1[C@H]2OC(COS(C)(=O)=O)(COS(C)(=O)=O)[C@H]1OCc1ccccc1. The summed E-state index contributed by atoms with van der Waals surface area (Å²) in [6.45, 7) is 0.445. The minimum Gasteiger partial charge on any atom is -0.453 e. The van der Waals surface area contributed by atoms with E-state index in [-0.39, 0.29) is 12.6 Å². The summed E-state index contributed by atoms with van der Waals surface area (Å²) in [4.78, 5) is 15.9. The van der Waals surface area contributed by atoms with Crippen molar-refractivity contribution in [3.8, 4) is 6.01 Å². The monoisotopic (exact) mass is 516 g/mol. The van der Waals surface area contributed by atoms with Gasteiger partial charge in [-0.1, -0.05) is 30.3 Å². The predicted octanol–water partition coefficient (Wildman–Crippen LogP) is 0.118. The van der Waals surface area contributed by atoms with Gasteiger partial charge < -0.3 is 14.2 Å². The third-order valence-electron chi connectivity index (χ3n) is 5.36. The van der Waals surface area contributed by atoms with Gasteiger partial charge in [0, 0.05) is 11.8 Å². The minimum absolute atomic E-state index is 0.000531. The van der Waals surface area contributed by atoms with Crippen molar-refractivity contribution in [2.24, 2.45) is 0 Å². The summed E-state index contributed by atoms with van der Waals surface area (Å²) in [5, 5.41) is 0. The van der Waals surface area contributed by atoms with Crippen LogP contribution < -0.4 is 10.3 Å². The molecule has 12 nitrogen and oxygen atoms in total. The summed E-state index contributed by atoms with van der Waals surface area (Å²) in [6, 6.07) is 9.12. The lowest BCUT2D eigenvalue weighted by Gasteiger charge is -2.34. The molecule has 14 heteroatoms. The molecule has 2 aliphatic rings. The third-order valence-corrected chi connectivity index (χ3v) is 6.46. The molecular weight excluding hydrogens is 492 g/mol. The van der Waals surface area contributed by atoms with E-state index in [1.807, 2.05) is 30.3 Å². The van der Waals surface area contributed by atoms with Crippen molar-refractivity contribution in [3.63, 3.8) is 0 Å². The van der Waals surface area contributed by atoms with Gasteiger partial charge in [-0.3, -0.25) is 17.7 Å². The van der Waals surface area contributed by atoms with Crippen molar-refractivity contribution in [3.05, 3.63) is 58.0 Å². The second-order valence-electron chi connectivity index (χ2n) is 8.22. The number of fused-ring (bicyclic) bond motifs is 3. The molecular formula is C20H24N2O10S2. The first-order valence-electron chi connectivity index (χ1n) is 10.2.